The molecular weight excluding hydrogens is 553 g/mol. The Bertz CT molecular complexity index is 1480. The number of aryl methyl sites for hydroxylation is 2. The van der Waals surface area contributed by atoms with Crippen molar-refractivity contribution in [3.8, 4) is 5.75 Å². The van der Waals surface area contributed by atoms with Crippen molar-refractivity contribution in [2.45, 2.75) is 71.8 Å². The third-order valence-corrected chi connectivity index (χ3v) is 7.10. The number of ether oxygens (including phenoxy) is 1. The van der Waals surface area contributed by atoms with Gasteiger partial charge in [0.15, 0.2) is 5.69 Å². The van der Waals surface area contributed by atoms with Gasteiger partial charge in [-0.15, -0.1) is 0 Å². The number of halogens is 5. The van der Waals surface area contributed by atoms with Gasteiger partial charge < -0.3 is 19.6 Å². The minimum absolute atomic E-state index is 0.0361. The third-order valence-electron chi connectivity index (χ3n) is 7.10. The largest absolute Gasteiger partial charge is 0.489 e. The zero-order valence-electron chi connectivity index (χ0n) is 23.0. The number of piperidine rings is 1. The molecule has 2 N–H and O–H groups in total. The van der Waals surface area contributed by atoms with Crippen LogP contribution in [0.1, 0.15) is 60.1 Å². The lowest BCUT2D eigenvalue weighted by atomic mass is 9.76. The van der Waals surface area contributed by atoms with Crippen molar-refractivity contribution < 1.29 is 45.8 Å². The predicted octanol–water partition coefficient (Wildman–Crippen LogP) is 6.57. The van der Waals surface area contributed by atoms with Crippen molar-refractivity contribution in [1.82, 2.24) is 15.2 Å². The van der Waals surface area contributed by atoms with Gasteiger partial charge in [-0.05, 0) is 49.4 Å². The lowest BCUT2D eigenvalue weighted by Gasteiger charge is -2.49. The van der Waals surface area contributed by atoms with Crippen LogP contribution in [0.25, 0.3) is 11.0 Å². The van der Waals surface area contributed by atoms with Gasteiger partial charge >= 0.3 is 12.3 Å². The highest BCUT2D eigenvalue weighted by molar-refractivity contribution is 6.07. The van der Waals surface area contributed by atoms with Gasteiger partial charge in [0, 0.05) is 23.7 Å². The number of carboxylic acid groups (broad SMARTS) is 1. The molecule has 222 valence electrons. The first kappa shape index (κ1) is 30.1. The minimum atomic E-state index is -4.68. The van der Waals surface area contributed by atoms with Crippen molar-refractivity contribution >= 4 is 23.0 Å². The highest BCUT2D eigenvalue weighted by atomic mass is 19.4. The van der Waals surface area contributed by atoms with E-state index in [0.717, 1.165) is 6.20 Å². The second kappa shape index (κ2) is 10.5. The number of furan rings is 1. The van der Waals surface area contributed by atoms with Gasteiger partial charge in [-0.2, -0.15) is 13.2 Å². The van der Waals surface area contributed by atoms with Gasteiger partial charge in [0.2, 0.25) is 0 Å². The van der Waals surface area contributed by atoms with E-state index in [4.69, 9.17) is 9.15 Å². The topological polar surface area (TPSA) is 105 Å². The zero-order valence-corrected chi connectivity index (χ0v) is 23.0. The smallest absolute Gasteiger partial charge is 0.433 e. The van der Waals surface area contributed by atoms with Gasteiger partial charge in [0.25, 0.3) is 11.8 Å². The quantitative estimate of drug-likeness (QED) is 0.329. The molecule has 2 atom stereocenters. The fraction of sp³-hybridized carbons (Fsp3) is 0.464. The van der Waals surface area contributed by atoms with Crippen molar-refractivity contribution in [3.05, 3.63) is 58.6 Å². The molecule has 0 aliphatic carbocycles. The van der Waals surface area contributed by atoms with Gasteiger partial charge in [0.1, 0.15) is 29.7 Å². The molecule has 41 heavy (non-hydrogen) atoms. The Morgan fingerprint density at radius 1 is 1.22 bits per heavy atom. The number of likely N-dealkylation sites (tertiary alicyclic amines) is 1. The summed E-state index contributed by atoms with van der Waals surface area (Å²) in [6.45, 7) is 6.98. The lowest BCUT2D eigenvalue weighted by molar-refractivity contribution is -0.154. The fourth-order valence-corrected chi connectivity index (χ4v) is 5.39. The molecule has 0 radical (unpaired) electrons. The molecule has 1 fully saturated rings. The summed E-state index contributed by atoms with van der Waals surface area (Å²) < 4.78 is 82.8. The van der Waals surface area contributed by atoms with Crippen LogP contribution >= 0.6 is 0 Å². The van der Waals surface area contributed by atoms with Crippen molar-refractivity contribution in [2.24, 2.45) is 5.41 Å². The van der Waals surface area contributed by atoms with Crippen LogP contribution in [0.15, 0.2) is 34.9 Å². The molecular formula is C28H30F5N3O5. The Morgan fingerprint density at radius 3 is 2.51 bits per heavy atom. The molecule has 13 heteroatoms. The van der Waals surface area contributed by atoms with Crippen LogP contribution in [-0.2, 0) is 12.8 Å². The Labute approximate surface area is 232 Å². The number of aromatic nitrogens is 1. The molecule has 8 nitrogen and oxygen atoms in total. The first-order valence-electron chi connectivity index (χ1n) is 12.8. The number of carbonyl (C=O) groups is 2. The van der Waals surface area contributed by atoms with Crippen LogP contribution in [0.2, 0.25) is 0 Å². The highest BCUT2D eigenvalue weighted by Crippen LogP contribution is 2.43. The Balaban J connectivity index is 1.63. The maximum atomic E-state index is 15.7. The summed E-state index contributed by atoms with van der Waals surface area (Å²) in [6, 6.07) is 2.20. The van der Waals surface area contributed by atoms with Crippen molar-refractivity contribution in [1.29, 1.82) is 0 Å². The van der Waals surface area contributed by atoms with E-state index in [1.54, 1.807) is 6.92 Å². The van der Waals surface area contributed by atoms with E-state index in [9.17, 15) is 27.9 Å². The molecule has 0 saturated carbocycles. The van der Waals surface area contributed by atoms with Crippen LogP contribution in [0.4, 0.5) is 26.7 Å². The monoisotopic (exact) mass is 583 g/mol. The lowest BCUT2D eigenvalue weighted by Crippen LogP contribution is -2.68. The molecule has 4 rings (SSSR count). The normalized spacial score (nSPS) is 19.3. The Morgan fingerprint density at radius 2 is 1.90 bits per heavy atom. The maximum absolute atomic E-state index is 15.7. The molecule has 1 saturated heterocycles. The minimum Gasteiger partial charge on any atom is -0.489 e. The number of rotatable bonds is 5. The molecule has 0 spiro atoms. The van der Waals surface area contributed by atoms with Crippen LogP contribution in [0.5, 0.6) is 5.75 Å². The highest BCUT2D eigenvalue weighted by Gasteiger charge is 2.59. The average Bonchev–Trinajstić information content (AvgIpc) is 3.16. The summed E-state index contributed by atoms with van der Waals surface area (Å²) in [7, 11) is 0. The van der Waals surface area contributed by atoms with Crippen molar-refractivity contribution in [2.75, 3.05) is 6.54 Å². The van der Waals surface area contributed by atoms with Gasteiger partial charge in [0.05, 0.1) is 11.6 Å². The molecule has 2 amide bonds. The zero-order chi connectivity index (χ0) is 30.5. The average molecular weight is 584 g/mol. The number of pyridine rings is 1. The summed E-state index contributed by atoms with van der Waals surface area (Å²) in [5.41, 5.74) is -1.67. The van der Waals surface area contributed by atoms with Crippen LogP contribution in [0, 0.1) is 19.3 Å². The molecule has 0 bridgehead atoms. The number of fused-ring (bicyclic) bond motifs is 1. The van der Waals surface area contributed by atoms with Crippen LogP contribution in [0.3, 0.4) is 0 Å². The van der Waals surface area contributed by atoms with Crippen molar-refractivity contribution in [3.63, 3.8) is 0 Å². The molecule has 1 aliphatic rings. The van der Waals surface area contributed by atoms with Crippen LogP contribution in [-0.4, -0.2) is 51.5 Å². The standard InChI is InChI=1S/C28H30F5N3O5/c1-14-11-19-17(12-18(14)40-13-16-7-6-9-34-22(16)28(31,32)33)21(15(2)41-19)23(37)35-20-8-10-36(25(38)39)24(26(3,4)5)27(20,29)30/h6-7,9,11-12,20,24H,8,10,13H2,1-5H3,(H,35,37)(H,38,39). The van der Waals surface area contributed by atoms with Gasteiger partial charge in [-0.3, -0.25) is 14.7 Å². The molecule has 2 unspecified atom stereocenters. The van der Waals surface area contributed by atoms with E-state index < -0.39 is 53.9 Å². The van der Waals surface area contributed by atoms with Crippen LogP contribution < -0.4 is 10.1 Å². The summed E-state index contributed by atoms with van der Waals surface area (Å²) in [4.78, 5) is 29.2. The number of alkyl halides is 5. The number of benzene rings is 1. The second-order valence-electron chi connectivity index (χ2n) is 11.2. The first-order chi connectivity index (χ1) is 18.9. The van der Waals surface area contributed by atoms with E-state index in [1.807, 2.05) is 0 Å². The third kappa shape index (κ3) is 5.80. The number of hydrogen-bond acceptors (Lipinski definition) is 5. The first-order valence-corrected chi connectivity index (χ1v) is 12.8. The Hall–Kier alpha value is -3.90. The van der Waals surface area contributed by atoms with E-state index in [-0.39, 0.29) is 46.6 Å². The molecule has 3 aromatic rings. The summed E-state index contributed by atoms with van der Waals surface area (Å²) in [5, 5.41) is 12.1. The molecule has 1 aromatic carbocycles. The number of hydrogen-bond donors (Lipinski definition) is 2. The summed E-state index contributed by atoms with van der Waals surface area (Å²) in [6.07, 6.45) is -5.43. The van der Waals surface area contributed by atoms with E-state index >= 15 is 8.78 Å². The number of carbonyl (C=O) groups excluding carboxylic acids is 1. The van der Waals surface area contributed by atoms with E-state index in [1.165, 1.54) is 52.0 Å². The van der Waals surface area contributed by atoms with E-state index in [0.29, 0.717) is 10.5 Å². The Kier molecular flexibility index (Phi) is 7.70. The van der Waals surface area contributed by atoms with Gasteiger partial charge in [-0.1, -0.05) is 26.8 Å². The SMILES string of the molecule is Cc1cc2oc(C)c(C(=O)NC3CCN(C(=O)O)C(C(C)(C)C)C3(F)F)c2cc1OCc1cccnc1C(F)(F)F. The van der Waals surface area contributed by atoms with Gasteiger partial charge in [-0.25, -0.2) is 13.6 Å². The molecule has 2 aromatic heterocycles. The van der Waals surface area contributed by atoms with E-state index in [2.05, 4.69) is 10.3 Å². The molecule has 1 aliphatic heterocycles. The molecule has 3 heterocycles. The summed E-state index contributed by atoms with van der Waals surface area (Å²) >= 11 is 0. The number of amides is 2. The predicted molar refractivity (Wildman–Crippen MR) is 138 cm³/mol. The number of nitrogens with one attached hydrogen (secondary N) is 1. The maximum Gasteiger partial charge on any atom is 0.433 e. The number of nitrogens with zero attached hydrogens (tertiary/aromatic N) is 2. The fourth-order valence-electron chi connectivity index (χ4n) is 5.39. The second-order valence-corrected chi connectivity index (χ2v) is 11.2. The summed E-state index contributed by atoms with van der Waals surface area (Å²) in [5.74, 6) is -4.15.